The third-order valence-electron chi connectivity index (χ3n) is 7.81. The lowest BCUT2D eigenvalue weighted by molar-refractivity contribution is -0.109. The number of hydrogen-bond acceptors (Lipinski definition) is 6. The summed E-state index contributed by atoms with van der Waals surface area (Å²) in [6.45, 7) is 8.75. The summed E-state index contributed by atoms with van der Waals surface area (Å²) in [6, 6.07) is 25.1. The van der Waals surface area contributed by atoms with E-state index in [-0.39, 0.29) is 25.9 Å². The maximum atomic E-state index is 12.5. The fourth-order valence-electron chi connectivity index (χ4n) is 5.70. The molecule has 1 atom stereocenters. The second-order valence-corrected chi connectivity index (χ2v) is 12.2. The van der Waals surface area contributed by atoms with Crippen LogP contribution in [0, 0.1) is 0 Å². The molecule has 1 aromatic heterocycles. The number of rotatable bonds is 11. The maximum absolute atomic E-state index is 12.5. The quantitative estimate of drug-likeness (QED) is 0.127. The standard InChI is InChI=1S/C37H43N3O5/c1-5-32(27-11-7-6-8-12-27)35(29-16-19-33-30(25-29)26-38-40(33)34-13-9-10-23-44-34)28-14-17-31(18-15-28)43-24-21-39(20-22-41)36(42)45-37(2,3)4/h6-8,11-12,14-19,22,25-26,34H,5,9-10,13,20-21,23-24H2,1-4H3/b35-32+. The van der Waals surface area contributed by atoms with Crippen LogP contribution in [0.1, 0.15) is 76.3 Å². The van der Waals surface area contributed by atoms with Crippen LogP contribution in [0.3, 0.4) is 0 Å². The Morgan fingerprint density at radius 2 is 1.78 bits per heavy atom. The summed E-state index contributed by atoms with van der Waals surface area (Å²) < 4.78 is 19.5. The topological polar surface area (TPSA) is 82.9 Å². The van der Waals surface area contributed by atoms with E-state index in [0.29, 0.717) is 12.0 Å². The fourth-order valence-corrected chi connectivity index (χ4v) is 5.70. The van der Waals surface area contributed by atoms with E-state index in [4.69, 9.17) is 19.3 Å². The Hall–Kier alpha value is -4.43. The third-order valence-corrected chi connectivity index (χ3v) is 7.81. The summed E-state index contributed by atoms with van der Waals surface area (Å²) in [7, 11) is 0. The first-order valence-electron chi connectivity index (χ1n) is 15.8. The molecule has 236 valence electrons. The van der Waals surface area contributed by atoms with Crippen LogP contribution in [0.15, 0.2) is 79.0 Å². The molecule has 8 heteroatoms. The minimum atomic E-state index is -0.647. The van der Waals surface area contributed by atoms with Crippen molar-refractivity contribution in [2.45, 2.75) is 65.2 Å². The lowest BCUT2D eigenvalue weighted by Gasteiger charge is -2.26. The van der Waals surface area contributed by atoms with E-state index in [9.17, 15) is 9.59 Å². The van der Waals surface area contributed by atoms with Crippen molar-refractivity contribution in [1.82, 2.24) is 14.7 Å². The zero-order chi connectivity index (χ0) is 31.8. The summed E-state index contributed by atoms with van der Waals surface area (Å²) in [6.07, 6.45) is 6.14. The molecule has 2 heterocycles. The Labute approximate surface area is 265 Å². The zero-order valence-corrected chi connectivity index (χ0v) is 26.7. The van der Waals surface area contributed by atoms with E-state index in [2.05, 4.69) is 61.5 Å². The molecule has 0 spiro atoms. The van der Waals surface area contributed by atoms with Crippen LogP contribution >= 0.6 is 0 Å². The van der Waals surface area contributed by atoms with Crippen molar-refractivity contribution >= 4 is 34.4 Å². The lowest BCUT2D eigenvalue weighted by Crippen LogP contribution is -2.40. The molecule has 45 heavy (non-hydrogen) atoms. The Kier molecular flexibility index (Phi) is 10.4. The number of ether oxygens (including phenoxy) is 3. The van der Waals surface area contributed by atoms with Crippen LogP contribution in [-0.4, -0.2) is 59.0 Å². The van der Waals surface area contributed by atoms with Crippen LogP contribution < -0.4 is 4.74 Å². The van der Waals surface area contributed by atoms with Gasteiger partial charge in [0.25, 0.3) is 0 Å². The summed E-state index contributed by atoms with van der Waals surface area (Å²) in [5.41, 5.74) is 6.19. The largest absolute Gasteiger partial charge is 0.492 e. The van der Waals surface area contributed by atoms with E-state index in [0.717, 1.165) is 59.9 Å². The molecule has 3 aromatic carbocycles. The van der Waals surface area contributed by atoms with Crippen LogP contribution in [0.5, 0.6) is 5.75 Å². The van der Waals surface area contributed by atoms with Crippen LogP contribution in [0.4, 0.5) is 4.79 Å². The molecule has 1 amide bonds. The average molecular weight is 610 g/mol. The monoisotopic (exact) mass is 609 g/mol. The van der Waals surface area contributed by atoms with Gasteiger partial charge < -0.3 is 19.0 Å². The summed E-state index contributed by atoms with van der Waals surface area (Å²) >= 11 is 0. The molecule has 1 unspecified atom stereocenters. The Morgan fingerprint density at radius 1 is 1.02 bits per heavy atom. The number of fused-ring (bicyclic) bond motifs is 1. The normalized spacial score (nSPS) is 15.8. The van der Waals surface area contributed by atoms with E-state index < -0.39 is 11.7 Å². The first kappa shape index (κ1) is 32.0. The predicted molar refractivity (Wildman–Crippen MR) is 177 cm³/mol. The highest BCUT2D eigenvalue weighted by atomic mass is 16.6. The van der Waals surface area contributed by atoms with Gasteiger partial charge in [-0.05, 0) is 98.6 Å². The molecule has 0 bridgehead atoms. The maximum Gasteiger partial charge on any atom is 0.410 e. The first-order valence-corrected chi connectivity index (χ1v) is 15.8. The molecule has 0 aliphatic carbocycles. The highest BCUT2D eigenvalue weighted by Crippen LogP contribution is 2.37. The molecular formula is C37H43N3O5. The number of nitrogens with zero attached hydrogens (tertiary/aromatic N) is 3. The third kappa shape index (κ3) is 8.00. The SMILES string of the molecule is CC/C(=C(/c1ccc(OCCN(CC=O)C(=O)OC(C)(C)C)cc1)c1ccc2c(cnn2C2CCCCO2)c1)c1ccccc1. The second kappa shape index (κ2) is 14.6. The number of carbonyl (C=O) groups is 2. The summed E-state index contributed by atoms with van der Waals surface area (Å²) in [4.78, 5) is 25.0. The Balaban J connectivity index is 1.41. The second-order valence-electron chi connectivity index (χ2n) is 12.2. The van der Waals surface area contributed by atoms with Gasteiger partial charge in [-0.15, -0.1) is 0 Å². The van der Waals surface area contributed by atoms with E-state index >= 15 is 0 Å². The van der Waals surface area contributed by atoms with E-state index in [1.54, 1.807) is 20.8 Å². The molecule has 5 rings (SSSR count). The zero-order valence-electron chi connectivity index (χ0n) is 26.7. The summed E-state index contributed by atoms with van der Waals surface area (Å²) in [5.74, 6) is 0.676. The van der Waals surface area contributed by atoms with Crippen molar-refractivity contribution in [3.05, 3.63) is 95.7 Å². The number of hydrogen-bond donors (Lipinski definition) is 0. The van der Waals surface area contributed by atoms with Crippen LogP contribution in [0.25, 0.3) is 22.0 Å². The number of amides is 1. The van der Waals surface area contributed by atoms with Gasteiger partial charge in [-0.25, -0.2) is 9.48 Å². The van der Waals surface area contributed by atoms with Crippen molar-refractivity contribution in [3.63, 3.8) is 0 Å². The first-order chi connectivity index (χ1) is 21.8. The smallest absolute Gasteiger partial charge is 0.410 e. The van der Waals surface area contributed by atoms with Gasteiger partial charge in [0.2, 0.25) is 0 Å². The molecule has 1 aliphatic rings. The molecule has 8 nitrogen and oxygen atoms in total. The Morgan fingerprint density at radius 3 is 2.44 bits per heavy atom. The van der Waals surface area contributed by atoms with Gasteiger partial charge in [0.15, 0.2) is 6.23 Å². The molecule has 4 aromatic rings. The van der Waals surface area contributed by atoms with Gasteiger partial charge in [0, 0.05) is 12.0 Å². The predicted octanol–water partition coefficient (Wildman–Crippen LogP) is 7.92. The molecule has 0 saturated carbocycles. The van der Waals surface area contributed by atoms with Crippen molar-refractivity contribution < 1.29 is 23.8 Å². The Bertz CT molecular complexity index is 1610. The van der Waals surface area contributed by atoms with Gasteiger partial charge in [-0.1, -0.05) is 55.5 Å². The van der Waals surface area contributed by atoms with Crippen LogP contribution in [0.2, 0.25) is 0 Å². The number of aldehydes is 1. The number of benzene rings is 3. The minimum Gasteiger partial charge on any atom is -0.492 e. The average Bonchev–Trinajstić information content (AvgIpc) is 3.47. The van der Waals surface area contributed by atoms with E-state index in [1.807, 2.05) is 29.1 Å². The summed E-state index contributed by atoms with van der Waals surface area (Å²) in [5, 5.41) is 5.79. The van der Waals surface area contributed by atoms with Crippen molar-refractivity contribution in [2.24, 2.45) is 0 Å². The van der Waals surface area contributed by atoms with Gasteiger partial charge in [0.05, 0.1) is 24.8 Å². The highest BCUT2D eigenvalue weighted by molar-refractivity contribution is 6.00. The van der Waals surface area contributed by atoms with Crippen molar-refractivity contribution in [1.29, 1.82) is 0 Å². The van der Waals surface area contributed by atoms with Crippen molar-refractivity contribution in [2.75, 3.05) is 26.3 Å². The van der Waals surface area contributed by atoms with Crippen molar-refractivity contribution in [3.8, 4) is 5.75 Å². The fraction of sp³-hybridized carbons (Fsp3) is 0.378. The molecule has 0 N–H and O–H groups in total. The lowest BCUT2D eigenvalue weighted by atomic mass is 9.88. The molecule has 1 saturated heterocycles. The van der Waals surface area contributed by atoms with Gasteiger partial charge in [-0.2, -0.15) is 5.10 Å². The number of allylic oxidation sites excluding steroid dienone is 1. The van der Waals surface area contributed by atoms with Crippen LogP contribution in [-0.2, 0) is 14.3 Å². The highest BCUT2D eigenvalue weighted by Gasteiger charge is 2.22. The molecule has 1 aliphatic heterocycles. The number of carbonyl (C=O) groups excluding carboxylic acids is 2. The molecule has 0 radical (unpaired) electrons. The molecular weight excluding hydrogens is 566 g/mol. The minimum absolute atomic E-state index is 0.0187. The molecule has 1 fully saturated rings. The van der Waals surface area contributed by atoms with Gasteiger partial charge in [0.1, 0.15) is 24.2 Å². The van der Waals surface area contributed by atoms with Gasteiger partial charge >= 0.3 is 6.09 Å². The van der Waals surface area contributed by atoms with E-state index in [1.165, 1.54) is 16.0 Å². The number of aromatic nitrogens is 2. The van der Waals surface area contributed by atoms with Gasteiger partial charge in [-0.3, -0.25) is 4.90 Å².